The lowest BCUT2D eigenvalue weighted by Gasteiger charge is -2.11. The van der Waals surface area contributed by atoms with Gasteiger partial charge in [-0.3, -0.25) is 4.79 Å². The number of aliphatic hydroxyl groups is 2. The summed E-state index contributed by atoms with van der Waals surface area (Å²) in [5.74, 6) is -0.427. The van der Waals surface area contributed by atoms with Gasteiger partial charge in [0.2, 0.25) is 0 Å². The first-order chi connectivity index (χ1) is 7.71. The zero-order chi connectivity index (χ0) is 12.0. The Balaban J connectivity index is 2.58. The highest BCUT2D eigenvalue weighted by molar-refractivity contribution is 5.92. The summed E-state index contributed by atoms with van der Waals surface area (Å²) in [4.78, 5) is 15.4. The van der Waals surface area contributed by atoms with Crippen LogP contribution in [0.4, 0.5) is 0 Å². The van der Waals surface area contributed by atoms with Gasteiger partial charge in [0.1, 0.15) is 5.69 Å². The van der Waals surface area contributed by atoms with E-state index in [1.165, 1.54) is 6.33 Å². The molecule has 5 N–H and O–H groups in total. The molecule has 1 amide bonds. The highest BCUT2D eigenvalue weighted by Crippen LogP contribution is 1.96. The number of nitrogens with one attached hydrogen (secondary N) is 1. The fraction of sp³-hybridized carbons (Fsp3) is 0.556. The molecule has 7 heteroatoms. The Kier molecular flexibility index (Phi) is 4.90. The number of nitrogens with zero attached hydrogens (tertiary/aromatic N) is 2. The molecule has 1 aromatic rings. The molecular formula is C9H16N4O3. The molecule has 0 aliphatic rings. The van der Waals surface area contributed by atoms with E-state index in [0.717, 1.165) is 0 Å². The fourth-order valence-electron chi connectivity index (χ4n) is 1.16. The van der Waals surface area contributed by atoms with Gasteiger partial charge in [-0.1, -0.05) is 0 Å². The van der Waals surface area contributed by atoms with Crippen LogP contribution >= 0.6 is 0 Å². The number of aromatic nitrogens is 2. The smallest absolute Gasteiger partial charge is 0.271 e. The van der Waals surface area contributed by atoms with Gasteiger partial charge in [-0.25, -0.2) is 4.98 Å². The molecule has 0 radical (unpaired) electrons. The maximum absolute atomic E-state index is 11.6. The molecule has 0 fully saturated rings. The van der Waals surface area contributed by atoms with Gasteiger partial charge in [0.05, 0.1) is 25.6 Å². The third kappa shape index (κ3) is 3.30. The highest BCUT2D eigenvalue weighted by atomic mass is 16.3. The van der Waals surface area contributed by atoms with Crippen molar-refractivity contribution >= 4 is 5.91 Å². The molecule has 1 heterocycles. The van der Waals surface area contributed by atoms with E-state index in [1.54, 1.807) is 10.8 Å². The van der Waals surface area contributed by atoms with Crippen LogP contribution in [0.25, 0.3) is 0 Å². The van der Waals surface area contributed by atoms with Crippen LogP contribution in [0.15, 0.2) is 12.5 Å². The second-order valence-corrected chi connectivity index (χ2v) is 3.32. The van der Waals surface area contributed by atoms with Crippen LogP contribution in [0.2, 0.25) is 0 Å². The number of carbonyl (C=O) groups is 1. The number of rotatable bonds is 6. The Labute approximate surface area is 92.9 Å². The predicted octanol–water partition coefficient (Wildman–Crippen LogP) is -2.08. The molecule has 0 spiro atoms. The lowest BCUT2D eigenvalue weighted by Crippen LogP contribution is -2.40. The molecule has 0 atom stereocenters. The van der Waals surface area contributed by atoms with E-state index in [0.29, 0.717) is 13.1 Å². The third-order valence-electron chi connectivity index (χ3n) is 2.03. The summed E-state index contributed by atoms with van der Waals surface area (Å²) in [5.41, 5.74) is 5.59. The second kappa shape index (κ2) is 6.21. The number of hydrogen-bond acceptors (Lipinski definition) is 5. The van der Waals surface area contributed by atoms with E-state index in [2.05, 4.69) is 10.3 Å². The first kappa shape index (κ1) is 12.6. The van der Waals surface area contributed by atoms with Crippen LogP contribution in [0.5, 0.6) is 0 Å². The van der Waals surface area contributed by atoms with Crippen LogP contribution in [-0.4, -0.2) is 51.5 Å². The minimum Gasteiger partial charge on any atom is -0.394 e. The summed E-state index contributed by atoms with van der Waals surface area (Å²) < 4.78 is 1.70. The third-order valence-corrected chi connectivity index (χ3v) is 2.03. The molecule has 0 saturated heterocycles. The van der Waals surface area contributed by atoms with Crippen molar-refractivity contribution in [1.29, 1.82) is 0 Å². The summed E-state index contributed by atoms with van der Waals surface area (Å²) in [6.07, 6.45) is 3.07. The van der Waals surface area contributed by atoms with Crippen LogP contribution in [0.1, 0.15) is 10.5 Å². The molecule has 90 valence electrons. The zero-order valence-electron chi connectivity index (χ0n) is 8.83. The lowest BCUT2D eigenvalue weighted by atomic mass is 10.3. The Bertz CT molecular complexity index is 335. The monoisotopic (exact) mass is 228 g/mol. The zero-order valence-corrected chi connectivity index (χ0v) is 8.83. The van der Waals surface area contributed by atoms with Crippen molar-refractivity contribution in [3.05, 3.63) is 18.2 Å². The number of amides is 1. The van der Waals surface area contributed by atoms with E-state index in [-0.39, 0.29) is 18.9 Å². The van der Waals surface area contributed by atoms with Gasteiger partial charge in [0.15, 0.2) is 0 Å². The molecule has 0 aromatic carbocycles. The van der Waals surface area contributed by atoms with Crippen LogP contribution < -0.4 is 11.1 Å². The minimum atomic E-state index is -0.660. The Hall–Kier alpha value is -1.44. The largest absolute Gasteiger partial charge is 0.394 e. The minimum absolute atomic E-state index is 0.236. The van der Waals surface area contributed by atoms with E-state index < -0.39 is 11.9 Å². The van der Waals surface area contributed by atoms with Gasteiger partial charge < -0.3 is 25.8 Å². The Morgan fingerprint density at radius 3 is 2.81 bits per heavy atom. The summed E-state index contributed by atoms with van der Waals surface area (Å²) in [7, 11) is 0. The molecule has 1 rings (SSSR count). The average molecular weight is 228 g/mol. The average Bonchev–Trinajstić information content (AvgIpc) is 2.74. The molecule has 0 aliphatic carbocycles. The standard InChI is InChI=1S/C9H16N4O3/c10-1-2-13-3-8(11-6-13)9(16)12-7(4-14)5-15/h3,6-7,14-15H,1-2,4-5,10H2,(H,12,16). The molecular weight excluding hydrogens is 212 g/mol. The molecule has 0 unspecified atom stereocenters. The summed E-state index contributed by atoms with van der Waals surface area (Å²) in [5, 5.41) is 20.0. The van der Waals surface area contributed by atoms with Crippen molar-refractivity contribution < 1.29 is 15.0 Å². The molecule has 0 saturated carbocycles. The highest BCUT2D eigenvalue weighted by Gasteiger charge is 2.13. The molecule has 0 bridgehead atoms. The molecule has 7 nitrogen and oxygen atoms in total. The number of aliphatic hydroxyl groups excluding tert-OH is 2. The van der Waals surface area contributed by atoms with Crippen LogP contribution in [0, 0.1) is 0 Å². The van der Waals surface area contributed by atoms with Crippen molar-refractivity contribution in [1.82, 2.24) is 14.9 Å². The van der Waals surface area contributed by atoms with Gasteiger partial charge in [0, 0.05) is 19.3 Å². The summed E-state index contributed by atoms with van der Waals surface area (Å²) in [6.45, 7) is 0.425. The second-order valence-electron chi connectivity index (χ2n) is 3.32. The van der Waals surface area contributed by atoms with Gasteiger partial charge >= 0.3 is 0 Å². The first-order valence-electron chi connectivity index (χ1n) is 4.95. The fourth-order valence-corrected chi connectivity index (χ4v) is 1.16. The van der Waals surface area contributed by atoms with Gasteiger partial charge in [-0.2, -0.15) is 0 Å². The number of imidazole rings is 1. The van der Waals surface area contributed by atoms with Crippen molar-refractivity contribution in [2.75, 3.05) is 19.8 Å². The number of carbonyl (C=O) groups excluding carboxylic acids is 1. The summed E-state index contributed by atoms with van der Waals surface area (Å²) >= 11 is 0. The van der Waals surface area contributed by atoms with E-state index in [9.17, 15) is 4.79 Å². The van der Waals surface area contributed by atoms with E-state index in [1.807, 2.05) is 0 Å². The van der Waals surface area contributed by atoms with Crippen molar-refractivity contribution in [2.24, 2.45) is 5.73 Å². The Morgan fingerprint density at radius 1 is 1.56 bits per heavy atom. The normalized spacial score (nSPS) is 10.8. The van der Waals surface area contributed by atoms with E-state index in [4.69, 9.17) is 15.9 Å². The van der Waals surface area contributed by atoms with Crippen LogP contribution in [0.3, 0.4) is 0 Å². The van der Waals surface area contributed by atoms with Crippen molar-refractivity contribution in [3.63, 3.8) is 0 Å². The maximum atomic E-state index is 11.6. The molecule has 16 heavy (non-hydrogen) atoms. The topological polar surface area (TPSA) is 113 Å². The quantitative estimate of drug-likeness (QED) is 0.446. The van der Waals surface area contributed by atoms with Gasteiger partial charge in [0.25, 0.3) is 5.91 Å². The summed E-state index contributed by atoms with van der Waals surface area (Å²) in [6, 6.07) is -0.660. The lowest BCUT2D eigenvalue weighted by molar-refractivity contribution is 0.0875. The Morgan fingerprint density at radius 2 is 2.25 bits per heavy atom. The van der Waals surface area contributed by atoms with Crippen molar-refractivity contribution in [3.8, 4) is 0 Å². The number of nitrogens with two attached hydrogens (primary N) is 1. The van der Waals surface area contributed by atoms with Gasteiger partial charge in [-0.05, 0) is 0 Å². The van der Waals surface area contributed by atoms with Crippen molar-refractivity contribution in [2.45, 2.75) is 12.6 Å². The van der Waals surface area contributed by atoms with E-state index >= 15 is 0 Å². The SMILES string of the molecule is NCCn1cnc(C(=O)NC(CO)CO)c1. The van der Waals surface area contributed by atoms with Crippen LogP contribution in [-0.2, 0) is 6.54 Å². The maximum Gasteiger partial charge on any atom is 0.271 e. The first-order valence-corrected chi connectivity index (χ1v) is 4.95. The predicted molar refractivity (Wildman–Crippen MR) is 56.7 cm³/mol. The molecule has 0 aliphatic heterocycles. The number of hydrogen-bond donors (Lipinski definition) is 4. The molecule has 1 aromatic heterocycles. The van der Waals surface area contributed by atoms with Gasteiger partial charge in [-0.15, -0.1) is 0 Å².